The summed E-state index contributed by atoms with van der Waals surface area (Å²) in [7, 11) is 0.981. The van der Waals surface area contributed by atoms with Gasteiger partial charge >= 0.3 is 11.1 Å². The van der Waals surface area contributed by atoms with Crippen molar-refractivity contribution in [1.82, 2.24) is 0 Å². The van der Waals surface area contributed by atoms with Crippen molar-refractivity contribution in [3.8, 4) is 0 Å². The standard InChI is InChI=1S/C4H4Cl3FO2/c1-10-3(9)4(7,8)2(5)6/h2H,1H3. The lowest BCUT2D eigenvalue weighted by Gasteiger charge is -2.14. The van der Waals surface area contributed by atoms with Crippen LogP contribution in [0.25, 0.3) is 0 Å². The summed E-state index contributed by atoms with van der Waals surface area (Å²) in [5, 5.41) is -2.85. The maximum atomic E-state index is 12.6. The fraction of sp³-hybridized carbons (Fsp3) is 0.750. The molecule has 0 heterocycles. The van der Waals surface area contributed by atoms with Crippen LogP contribution in [0.5, 0.6) is 0 Å². The van der Waals surface area contributed by atoms with E-state index in [4.69, 9.17) is 34.8 Å². The molecule has 2 nitrogen and oxygen atoms in total. The fourth-order valence-electron chi connectivity index (χ4n) is 0.225. The number of ether oxygens (including phenoxy) is 1. The minimum Gasteiger partial charge on any atom is -0.466 e. The van der Waals surface area contributed by atoms with E-state index in [1.165, 1.54) is 0 Å². The Kier molecular flexibility index (Phi) is 3.70. The van der Waals surface area contributed by atoms with Crippen molar-refractivity contribution in [2.45, 2.75) is 9.96 Å². The topological polar surface area (TPSA) is 26.3 Å². The molecule has 10 heavy (non-hydrogen) atoms. The van der Waals surface area contributed by atoms with Crippen LogP contribution in [-0.2, 0) is 9.53 Å². The van der Waals surface area contributed by atoms with Gasteiger partial charge in [-0.25, -0.2) is 9.18 Å². The highest BCUT2D eigenvalue weighted by Gasteiger charge is 2.44. The fourth-order valence-corrected chi connectivity index (χ4v) is 0.480. The number of esters is 1. The van der Waals surface area contributed by atoms with Crippen LogP contribution < -0.4 is 0 Å². The molecule has 0 spiro atoms. The Morgan fingerprint density at radius 3 is 2.20 bits per heavy atom. The number of methoxy groups -OCH3 is 1. The van der Waals surface area contributed by atoms with Gasteiger partial charge in [-0.15, -0.1) is 0 Å². The molecule has 0 rings (SSSR count). The second kappa shape index (κ2) is 3.60. The van der Waals surface area contributed by atoms with Crippen molar-refractivity contribution >= 4 is 40.8 Å². The molecule has 0 aromatic carbocycles. The van der Waals surface area contributed by atoms with E-state index < -0.39 is 15.9 Å². The normalized spacial score (nSPS) is 16.6. The van der Waals surface area contributed by atoms with Crippen molar-refractivity contribution in [2.75, 3.05) is 7.11 Å². The van der Waals surface area contributed by atoms with E-state index in [9.17, 15) is 9.18 Å². The Labute approximate surface area is 72.2 Å². The SMILES string of the molecule is COC(=O)C(F)(Cl)C(Cl)Cl. The Morgan fingerprint density at radius 1 is 1.70 bits per heavy atom. The van der Waals surface area contributed by atoms with Gasteiger partial charge in [0.2, 0.25) is 0 Å². The van der Waals surface area contributed by atoms with Gasteiger partial charge in [0.1, 0.15) is 0 Å². The monoisotopic (exact) mass is 208 g/mol. The van der Waals surface area contributed by atoms with Gasteiger partial charge in [-0.2, -0.15) is 0 Å². The number of halogens is 4. The zero-order valence-corrected chi connectivity index (χ0v) is 7.17. The Bertz CT molecular complexity index is 136. The van der Waals surface area contributed by atoms with E-state index in [0.717, 1.165) is 7.11 Å². The zero-order valence-electron chi connectivity index (χ0n) is 4.91. The summed E-state index contributed by atoms with van der Waals surface area (Å²) in [6.45, 7) is 0. The molecule has 0 saturated carbocycles. The molecule has 6 heteroatoms. The van der Waals surface area contributed by atoms with Gasteiger partial charge in [-0.1, -0.05) is 34.8 Å². The van der Waals surface area contributed by atoms with Crippen LogP contribution >= 0.6 is 34.8 Å². The molecule has 1 unspecified atom stereocenters. The molecule has 0 N–H and O–H groups in total. The highest BCUT2D eigenvalue weighted by Crippen LogP contribution is 2.30. The lowest BCUT2D eigenvalue weighted by Crippen LogP contribution is -2.35. The van der Waals surface area contributed by atoms with Crippen molar-refractivity contribution in [2.24, 2.45) is 0 Å². The van der Waals surface area contributed by atoms with E-state index in [1.807, 2.05) is 0 Å². The smallest absolute Gasteiger partial charge is 0.362 e. The van der Waals surface area contributed by atoms with Crippen LogP contribution in [0.3, 0.4) is 0 Å². The van der Waals surface area contributed by atoms with E-state index >= 15 is 0 Å². The first-order valence-electron chi connectivity index (χ1n) is 2.17. The molecule has 1 atom stereocenters. The van der Waals surface area contributed by atoms with Crippen LogP contribution in [0.1, 0.15) is 0 Å². The number of alkyl halides is 4. The number of rotatable bonds is 2. The molecule has 0 aromatic heterocycles. The Balaban J connectivity index is 4.24. The Hall–Kier alpha value is 0.270. The first kappa shape index (κ1) is 10.3. The van der Waals surface area contributed by atoms with Crippen LogP contribution in [0.2, 0.25) is 0 Å². The number of hydrogen-bond acceptors (Lipinski definition) is 2. The second-order valence-electron chi connectivity index (χ2n) is 1.42. The molecule has 0 aliphatic heterocycles. The van der Waals surface area contributed by atoms with Gasteiger partial charge in [0.15, 0.2) is 4.84 Å². The predicted octanol–water partition coefficient (Wildman–Crippen LogP) is 1.87. The average Bonchev–Trinajstić information content (AvgIpc) is 1.86. The van der Waals surface area contributed by atoms with E-state index in [2.05, 4.69) is 4.74 Å². The summed E-state index contributed by atoms with van der Waals surface area (Å²) in [5.74, 6) is -1.30. The minimum atomic E-state index is -2.85. The quantitative estimate of drug-likeness (QED) is 0.513. The van der Waals surface area contributed by atoms with Crippen molar-refractivity contribution in [3.05, 3.63) is 0 Å². The summed E-state index contributed by atoms with van der Waals surface area (Å²) < 4.78 is 16.6. The second-order valence-corrected chi connectivity index (χ2v) is 3.06. The van der Waals surface area contributed by atoms with E-state index in [0.29, 0.717) is 0 Å². The summed E-state index contributed by atoms with van der Waals surface area (Å²) in [4.78, 5) is 8.74. The summed E-state index contributed by atoms with van der Waals surface area (Å²) >= 11 is 14.9. The molecule has 0 amide bonds. The molecular weight excluding hydrogens is 205 g/mol. The molecule has 0 aliphatic rings. The van der Waals surface area contributed by atoms with Gasteiger partial charge in [0, 0.05) is 0 Å². The van der Waals surface area contributed by atoms with Gasteiger partial charge in [-0.05, 0) is 0 Å². The van der Waals surface area contributed by atoms with Crippen LogP contribution in [0.15, 0.2) is 0 Å². The lowest BCUT2D eigenvalue weighted by atomic mass is 10.4. The molecule has 0 radical (unpaired) electrons. The van der Waals surface area contributed by atoms with Crippen molar-refractivity contribution in [3.63, 3.8) is 0 Å². The predicted molar refractivity (Wildman–Crippen MR) is 37.2 cm³/mol. The summed E-state index contributed by atoms with van der Waals surface area (Å²) in [6.07, 6.45) is 0. The molecule has 60 valence electrons. The first-order valence-corrected chi connectivity index (χ1v) is 3.42. The van der Waals surface area contributed by atoms with Gasteiger partial charge in [-0.3, -0.25) is 0 Å². The van der Waals surface area contributed by atoms with Crippen LogP contribution in [0, 0.1) is 0 Å². The molecule has 0 bridgehead atoms. The highest BCUT2D eigenvalue weighted by atomic mass is 35.5. The third-order valence-corrected chi connectivity index (χ3v) is 1.93. The average molecular weight is 209 g/mol. The summed E-state index contributed by atoms with van der Waals surface area (Å²) in [6, 6.07) is 0. The lowest BCUT2D eigenvalue weighted by molar-refractivity contribution is -0.148. The van der Waals surface area contributed by atoms with Crippen molar-refractivity contribution in [1.29, 1.82) is 0 Å². The molecule has 0 fully saturated rings. The number of carbonyl (C=O) groups excluding carboxylic acids is 1. The number of carbonyl (C=O) groups is 1. The molecule has 0 saturated heterocycles. The van der Waals surface area contributed by atoms with E-state index in [-0.39, 0.29) is 0 Å². The third kappa shape index (κ3) is 2.15. The van der Waals surface area contributed by atoms with Gasteiger partial charge in [0.25, 0.3) is 0 Å². The minimum absolute atomic E-state index is 0.981. The first-order chi connectivity index (χ1) is 4.42. The summed E-state index contributed by atoms with van der Waals surface area (Å²) in [5.41, 5.74) is 0. The Morgan fingerprint density at radius 2 is 2.10 bits per heavy atom. The molecule has 0 aliphatic carbocycles. The largest absolute Gasteiger partial charge is 0.466 e. The maximum absolute atomic E-state index is 12.6. The number of hydrogen-bond donors (Lipinski definition) is 0. The third-order valence-electron chi connectivity index (χ3n) is 0.732. The van der Waals surface area contributed by atoms with Gasteiger partial charge < -0.3 is 4.74 Å². The maximum Gasteiger partial charge on any atom is 0.362 e. The zero-order chi connectivity index (χ0) is 8.36. The van der Waals surface area contributed by atoms with Crippen LogP contribution in [-0.4, -0.2) is 23.0 Å². The van der Waals surface area contributed by atoms with Gasteiger partial charge in [0.05, 0.1) is 7.11 Å². The van der Waals surface area contributed by atoms with Crippen molar-refractivity contribution < 1.29 is 13.9 Å². The van der Waals surface area contributed by atoms with E-state index in [1.54, 1.807) is 0 Å². The molecule has 0 aromatic rings. The van der Waals surface area contributed by atoms with Crippen LogP contribution in [0.4, 0.5) is 4.39 Å². The molecular formula is C4H4Cl3FO2. The highest BCUT2D eigenvalue weighted by molar-refractivity contribution is 6.52.